The van der Waals surface area contributed by atoms with Gasteiger partial charge in [0, 0.05) is 45.0 Å². The molecular formula is C21H30IN5OS. The summed E-state index contributed by atoms with van der Waals surface area (Å²) in [6, 6.07) is 8.82. The molecule has 29 heavy (non-hydrogen) atoms. The van der Waals surface area contributed by atoms with Crippen molar-refractivity contribution in [1.82, 2.24) is 15.6 Å². The molecule has 0 atom stereocenters. The average Bonchev–Trinajstić information content (AvgIpc) is 3.41. The highest BCUT2D eigenvalue weighted by molar-refractivity contribution is 14.0. The Labute approximate surface area is 194 Å². The van der Waals surface area contributed by atoms with Crippen molar-refractivity contribution in [3.63, 3.8) is 0 Å². The van der Waals surface area contributed by atoms with Crippen LogP contribution in [-0.4, -0.2) is 43.7 Å². The van der Waals surface area contributed by atoms with E-state index in [1.54, 1.807) is 0 Å². The Morgan fingerprint density at radius 1 is 1.28 bits per heavy atom. The largest absolute Gasteiger partial charge is 0.477 e. The summed E-state index contributed by atoms with van der Waals surface area (Å²) in [5.74, 6) is 2.31. The summed E-state index contributed by atoms with van der Waals surface area (Å²) in [5.41, 5.74) is 1.15. The zero-order valence-corrected chi connectivity index (χ0v) is 20.0. The van der Waals surface area contributed by atoms with Crippen LogP contribution in [0.2, 0.25) is 0 Å². The summed E-state index contributed by atoms with van der Waals surface area (Å²) in [6.07, 6.45) is 6.63. The van der Waals surface area contributed by atoms with Gasteiger partial charge in [-0.05, 0) is 60.7 Å². The first-order valence-electron chi connectivity index (χ1n) is 10.1. The highest BCUT2D eigenvalue weighted by Crippen LogP contribution is 2.29. The maximum absolute atomic E-state index is 5.78. The van der Waals surface area contributed by atoms with Crippen LogP contribution in [0.3, 0.4) is 0 Å². The summed E-state index contributed by atoms with van der Waals surface area (Å²) in [7, 11) is 1.83. The Balaban J connectivity index is 0.00000240. The molecule has 2 aromatic heterocycles. The Hall–Kier alpha value is -1.55. The molecule has 0 amide bonds. The molecular weight excluding hydrogens is 497 g/mol. The van der Waals surface area contributed by atoms with Crippen molar-refractivity contribution in [1.29, 1.82) is 0 Å². The van der Waals surface area contributed by atoms with Crippen LogP contribution in [0.5, 0.6) is 5.88 Å². The van der Waals surface area contributed by atoms with Crippen LogP contribution in [0.15, 0.2) is 40.8 Å². The van der Waals surface area contributed by atoms with Gasteiger partial charge in [-0.25, -0.2) is 4.98 Å². The predicted molar refractivity (Wildman–Crippen MR) is 131 cm³/mol. The Morgan fingerprint density at radius 3 is 2.79 bits per heavy atom. The van der Waals surface area contributed by atoms with Crippen LogP contribution in [0.1, 0.15) is 31.2 Å². The van der Waals surface area contributed by atoms with Gasteiger partial charge in [0.2, 0.25) is 5.88 Å². The Kier molecular flexibility index (Phi) is 8.40. The van der Waals surface area contributed by atoms with Crippen molar-refractivity contribution < 1.29 is 4.74 Å². The topological polar surface area (TPSA) is 61.8 Å². The number of thiophene rings is 1. The fraction of sp³-hybridized carbons (Fsp3) is 0.524. The molecule has 3 heterocycles. The second kappa shape index (κ2) is 11.0. The summed E-state index contributed by atoms with van der Waals surface area (Å²) in [5, 5.41) is 10.5. The molecule has 2 N–H and O–H groups in total. The summed E-state index contributed by atoms with van der Waals surface area (Å²) in [6.45, 7) is 3.66. The molecule has 1 aliphatic heterocycles. The van der Waals surface area contributed by atoms with Gasteiger partial charge in [0.05, 0.1) is 11.6 Å². The molecule has 1 saturated carbocycles. The second-order valence-corrected chi connectivity index (χ2v) is 8.47. The van der Waals surface area contributed by atoms with Gasteiger partial charge in [0.15, 0.2) is 5.96 Å². The second-order valence-electron chi connectivity index (χ2n) is 7.54. The molecule has 4 rings (SSSR count). The van der Waals surface area contributed by atoms with Gasteiger partial charge in [0.1, 0.15) is 0 Å². The smallest absolute Gasteiger partial charge is 0.213 e. The van der Waals surface area contributed by atoms with Crippen molar-refractivity contribution in [2.75, 3.05) is 31.6 Å². The molecule has 0 unspecified atom stereocenters. The highest BCUT2D eigenvalue weighted by atomic mass is 127. The molecule has 2 aliphatic rings. The highest BCUT2D eigenvalue weighted by Gasteiger charge is 2.22. The minimum atomic E-state index is 0. The molecule has 2 aromatic rings. The number of hydrogen-bond acceptors (Lipinski definition) is 5. The third-order valence-corrected chi connectivity index (χ3v) is 6.23. The first kappa shape index (κ1) is 22.1. The van der Waals surface area contributed by atoms with Crippen molar-refractivity contribution in [3.05, 3.63) is 41.4 Å². The first-order valence-corrected chi connectivity index (χ1v) is 11.0. The van der Waals surface area contributed by atoms with E-state index in [0.717, 1.165) is 55.9 Å². The number of ether oxygens (including phenoxy) is 1. The minimum Gasteiger partial charge on any atom is -0.477 e. The number of nitrogens with one attached hydrogen (secondary N) is 2. The van der Waals surface area contributed by atoms with Crippen LogP contribution in [-0.2, 0) is 6.54 Å². The molecule has 0 radical (unpaired) electrons. The van der Waals surface area contributed by atoms with Gasteiger partial charge in [-0.1, -0.05) is 0 Å². The fourth-order valence-corrected chi connectivity index (χ4v) is 4.18. The number of piperidine rings is 1. The number of anilines is 1. The van der Waals surface area contributed by atoms with E-state index in [1.807, 2.05) is 36.7 Å². The molecule has 0 aromatic carbocycles. The third-order valence-electron chi connectivity index (χ3n) is 5.30. The SMILES string of the molecule is CN=C(NCc1ccnc(OCC2CC2)c1)NC1CCN(c2cccs2)CC1.I. The van der Waals surface area contributed by atoms with Crippen molar-refractivity contribution in [2.24, 2.45) is 10.9 Å². The van der Waals surface area contributed by atoms with E-state index in [4.69, 9.17) is 4.74 Å². The fourth-order valence-electron chi connectivity index (χ4n) is 3.39. The van der Waals surface area contributed by atoms with E-state index < -0.39 is 0 Å². The van der Waals surface area contributed by atoms with Crippen molar-refractivity contribution in [3.8, 4) is 5.88 Å². The molecule has 158 valence electrons. The Bertz CT molecular complexity index is 773. The molecule has 2 fully saturated rings. The van der Waals surface area contributed by atoms with E-state index in [1.165, 1.54) is 17.8 Å². The van der Waals surface area contributed by atoms with Crippen molar-refractivity contribution >= 4 is 46.3 Å². The predicted octanol–water partition coefficient (Wildman–Crippen LogP) is 3.88. The van der Waals surface area contributed by atoms with E-state index in [2.05, 4.69) is 43.0 Å². The summed E-state index contributed by atoms with van der Waals surface area (Å²) >= 11 is 1.82. The number of nitrogens with zero attached hydrogens (tertiary/aromatic N) is 3. The quantitative estimate of drug-likeness (QED) is 0.325. The van der Waals surface area contributed by atoms with E-state index in [0.29, 0.717) is 12.6 Å². The number of hydrogen-bond donors (Lipinski definition) is 2. The molecule has 0 spiro atoms. The van der Waals surface area contributed by atoms with Crippen LogP contribution < -0.4 is 20.3 Å². The third kappa shape index (κ3) is 6.74. The summed E-state index contributed by atoms with van der Waals surface area (Å²) < 4.78 is 5.78. The van der Waals surface area contributed by atoms with Crippen LogP contribution in [0, 0.1) is 5.92 Å². The lowest BCUT2D eigenvalue weighted by molar-refractivity contribution is 0.288. The molecule has 1 saturated heterocycles. The van der Waals surface area contributed by atoms with Gasteiger partial charge < -0.3 is 20.3 Å². The van der Waals surface area contributed by atoms with E-state index in [9.17, 15) is 0 Å². The summed E-state index contributed by atoms with van der Waals surface area (Å²) in [4.78, 5) is 11.2. The zero-order chi connectivity index (χ0) is 19.2. The normalized spacial score (nSPS) is 17.6. The average molecular weight is 527 g/mol. The lowest BCUT2D eigenvalue weighted by Gasteiger charge is -2.33. The lowest BCUT2D eigenvalue weighted by Crippen LogP contribution is -2.48. The lowest BCUT2D eigenvalue weighted by atomic mass is 10.1. The number of aromatic nitrogens is 1. The number of aliphatic imine (C=N–C) groups is 1. The molecule has 6 nitrogen and oxygen atoms in total. The standard InChI is InChI=1S/C21H29N5OS.HI/c1-22-21(25-18-7-10-26(11-8-18)20-3-2-12-28-20)24-14-17-6-9-23-19(13-17)27-15-16-4-5-16;/h2-3,6,9,12-13,16,18H,4-5,7-8,10-11,14-15H2,1H3,(H2,22,24,25);1H. The number of halogens is 1. The van der Waals surface area contributed by atoms with Crippen LogP contribution >= 0.6 is 35.3 Å². The number of pyridine rings is 1. The van der Waals surface area contributed by atoms with E-state index in [-0.39, 0.29) is 24.0 Å². The zero-order valence-electron chi connectivity index (χ0n) is 16.8. The van der Waals surface area contributed by atoms with Gasteiger partial charge in [-0.2, -0.15) is 0 Å². The molecule has 1 aliphatic carbocycles. The van der Waals surface area contributed by atoms with Gasteiger partial charge in [0.25, 0.3) is 0 Å². The maximum atomic E-state index is 5.78. The monoisotopic (exact) mass is 527 g/mol. The van der Waals surface area contributed by atoms with Crippen molar-refractivity contribution in [2.45, 2.75) is 38.3 Å². The van der Waals surface area contributed by atoms with Gasteiger partial charge >= 0.3 is 0 Å². The maximum Gasteiger partial charge on any atom is 0.213 e. The van der Waals surface area contributed by atoms with Gasteiger partial charge in [-0.15, -0.1) is 35.3 Å². The molecule has 8 heteroatoms. The number of rotatable bonds is 7. The Morgan fingerprint density at radius 2 is 2.10 bits per heavy atom. The van der Waals surface area contributed by atoms with Crippen LogP contribution in [0.4, 0.5) is 5.00 Å². The first-order chi connectivity index (χ1) is 13.8. The van der Waals surface area contributed by atoms with E-state index >= 15 is 0 Å². The minimum absolute atomic E-state index is 0. The molecule has 0 bridgehead atoms. The van der Waals surface area contributed by atoms with Crippen LogP contribution in [0.25, 0.3) is 0 Å². The number of guanidine groups is 1. The van der Waals surface area contributed by atoms with Gasteiger partial charge in [-0.3, -0.25) is 4.99 Å².